The van der Waals surface area contributed by atoms with Gasteiger partial charge in [-0.05, 0) is 36.8 Å². The fourth-order valence-electron chi connectivity index (χ4n) is 2.56. The lowest BCUT2D eigenvalue weighted by atomic mass is 10.1. The lowest BCUT2D eigenvalue weighted by Gasteiger charge is -2.25. The number of amides is 1. The van der Waals surface area contributed by atoms with Crippen LogP contribution in [0.25, 0.3) is 0 Å². The third-order valence-electron chi connectivity index (χ3n) is 4.25. The molecule has 0 saturated carbocycles. The molecule has 140 valence electrons. The number of nitrogens with one attached hydrogen (secondary N) is 1. The zero-order chi connectivity index (χ0) is 19.4. The fourth-order valence-corrected chi connectivity index (χ4v) is 4.35. The molecule has 3 aromatic rings. The highest BCUT2D eigenvalue weighted by Crippen LogP contribution is 2.22. The van der Waals surface area contributed by atoms with Crippen molar-refractivity contribution in [3.05, 3.63) is 77.3 Å². The number of rotatable bonds is 6. The van der Waals surface area contributed by atoms with Crippen LogP contribution in [0.3, 0.4) is 0 Å². The quantitative estimate of drug-likeness (QED) is 0.682. The van der Waals surface area contributed by atoms with Crippen LogP contribution in [-0.2, 0) is 10.0 Å². The first kappa shape index (κ1) is 19.1. The maximum atomic E-state index is 12.7. The van der Waals surface area contributed by atoms with Crippen LogP contribution in [0.1, 0.15) is 28.9 Å². The molecule has 0 spiro atoms. The van der Waals surface area contributed by atoms with Crippen molar-refractivity contribution >= 4 is 32.4 Å². The zero-order valence-corrected chi connectivity index (χ0v) is 16.5. The number of sulfonamides is 1. The van der Waals surface area contributed by atoms with E-state index in [1.54, 1.807) is 17.3 Å². The normalized spacial score (nSPS) is 12.4. The summed E-state index contributed by atoms with van der Waals surface area (Å²) in [5, 5.41) is 1.98. The minimum atomic E-state index is -3.73. The van der Waals surface area contributed by atoms with Crippen molar-refractivity contribution in [2.45, 2.75) is 17.9 Å². The smallest absolute Gasteiger partial charge is 0.263 e. The number of benzene rings is 2. The van der Waals surface area contributed by atoms with E-state index in [2.05, 4.69) is 9.71 Å². The van der Waals surface area contributed by atoms with Gasteiger partial charge in [0.15, 0.2) is 5.13 Å². The van der Waals surface area contributed by atoms with E-state index in [1.165, 1.54) is 41.8 Å². The van der Waals surface area contributed by atoms with Gasteiger partial charge in [-0.15, -0.1) is 11.3 Å². The van der Waals surface area contributed by atoms with Crippen LogP contribution in [0.4, 0.5) is 5.13 Å². The third-order valence-corrected chi connectivity index (χ3v) is 6.42. The van der Waals surface area contributed by atoms with Gasteiger partial charge in [-0.2, -0.15) is 0 Å². The zero-order valence-electron chi connectivity index (χ0n) is 14.9. The lowest BCUT2D eigenvalue weighted by molar-refractivity contribution is 0.0742. The van der Waals surface area contributed by atoms with Crippen molar-refractivity contribution < 1.29 is 13.2 Å². The molecule has 1 amide bonds. The van der Waals surface area contributed by atoms with Crippen molar-refractivity contribution in [1.82, 2.24) is 9.88 Å². The molecule has 0 aliphatic carbocycles. The van der Waals surface area contributed by atoms with Crippen LogP contribution in [0.15, 0.2) is 71.1 Å². The summed E-state index contributed by atoms with van der Waals surface area (Å²) >= 11 is 1.20. The van der Waals surface area contributed by atoms with E-state index in [0.717, 1.165) is 5.56 Å². The summed E-state index contributed by atoms with van der Waals surface area (Å²) in [6.07, 6.45) is 1.52. The Morgan fingerprint density at radius 2 is 1.78 bits per heavy atom. The van der Waals surface area contributed by atoms with Crippen molar-refractivity contribution in [2.75, 3.05) is 11.8 Å². The highest BCUT2D eigenvalue weighted by Gasteiger charge is 2.20. The van der Waals surface area contributed by atoms with Gasteiger partial charge in [0.25, 0.3) is 15.9 Å². The molecule has 0 fully saturated rings. The van der Waals surface area contributed by atoms with Crippen molar-refractivity contribution in [3.63, 3.8) is 0 Å². The number of thiazole rings is 1. The van der Waals surface area contributed by atoms with Gasteiger partial charge in [0.05, 0.1) is 10.9 Å². The average molecular weight is 402 g/mol. The molecule has 1 heterocycles. The van der Waals surface area contributed by atoms with Gasteiger partial charge in [0.2, 0.25) is 0 Å². The number of hydrogen-bond donors (Lipinski definition) is 1. The van der Waals surface area contributed by atoms with Gasteiger partial charge in [0.1, 0.15) is 0 Å². The number of aromatic nitrogens is 1. The summed E-state index contributed by atoms with van der Waals surface area (Å²) in [6, 6.07) is 15.5. The predicted octanol–water partition coefficient (Wildman–Crippen LogP) is 3.78. The second kappa shape index (κ2) is 7.89. The molecule has 8 heteroatoms. The molecule has 1 atom stereocenters. The highest BCUT2D eigenvalue weighted by molar-refractivity contribution is 7.93. The van der Waals surface area contributed by atoms with Gasteiger partial charge in [-0.3, -0.25) is 9.52 Å². The van der Waals surface area contributed by atoms with Crippen LogP contribution in [0.2, 0.25) is 0 Å². The van der Waals surface area contributed by atoms with Crippen LogP contribution >= 0.6 is 11.3 Å². The van der Waals surface area contributed by atoms with Crippen molar-refractivity contribution in [3.8, 4) is 0 Å². The monoisotopic (exact) mass is 401 g/mol. The van der Waals surface area contributed by atoms with Gasteiger partial charge in [-0.1, -0.05) is 30.3 Å². The Morgan fingerprint density at radius 3 is 2.37 bits per heavy atom. The van der Waals surface area contributed by atoms with E-state index in [4.69, 9.17) is 0 Å². The number of anilines is 1. The molecule has 0 aliphatic rings. The summed E-state index contributed by atoms with van der Waals surface area (Å²) in [7, 11) is -2.00. The Morgan fingerprint density at radius 1 is 1.11 bits per heavy atom. The molecule has 2 aromatic carbocycles. The van der Waals surface area contributed by atoms with Gasteiger partial charge < -0.3 is 4.90 Å². The Bertz CT molecular complexity index is 1000. The minimum Gasteiger partial charge on any atom is -0.335 e. The summed E-state index contributed by atoms with van der Waals surface area (Å²) in [4.78, 5) is 18.3. The van der Waals surface area contributed by atoms with Gasteiger partial charge in [0, 0.05) is 24.2 Å². The second-order valence-electron chi connectivity index (χ2n) is 5.97. The number of hydrogen-bond acceptors (Lipinski definition) is 5. The lowest BCUT2D eigenvalue weighted by Crippen LogP contribution is -2.29. The number of carbonyl (C=O) groups excluding carboxylic acids is 1. The summed E-state index contributed by atoms with van der Waals surface area (Å²) < 4.78 is 27.1. The molecule has 0 unspecified atom stereocenters. The molecular weight excluding hydrogens is 382 g/mol. The van der Waals surface area contributed by atoms with Crippen LogP contribution < -0.4 is 4.72 Å². The van der Waals surface area contributed by atoms with Crippen molar-refractivity contribution in [1.29, 1.82) is 0 Å². The van der Waals surface area contributed by atoms with E-state index >= 15 is 0 Å². The molecule has 0 aliphatic heterocycles. The molecule has 6 nitrogen and oxygen atoms in total. The van der Waals surface area contributed by atoms with E-state index < -0.39 is 10.0 Å². The van der Waals surface area contributed by atoms with Crippen molar-refractivity contribution in [2.24, 2.45) is 0 Å². The number of carbonyl (C=O) groups is 1. The molecule has 0 bridgehead atoms. The molecule has 3 rings (SSSR count). The maximum absolute atomic E-state index is 12.7. The Hall–Kier alpha value is -2.71. The van der Waals surface area contributed by atoms with Crippen LogP contribution in [-0.4, -0.2) is 31.3 Å². The first-order valence-corrected chi connectivity index (χ1v) is 10.6. The molecule has 0 saturated heterocycles. The summed E-state index contributed by atoms with van der Waals surface area (Å²) in [5.41, 5.74) is 1.45. The maximum Gasteiger partial charge on any atom is 0.263 e. The highest BCUT2D eigenvalue weighted by atomic mass is 32.2. The Labute approximate surface area is 162 Å². The molecule has 0 radical (unpaired) electrons. The molecule has 27 heavy (non-hydrogen) atoms. The molecular formula is C19H19N3O3S2. The van der Waals surface area contributed by atoms with E-state index in [1.807, 2.05) is 37.3 Å². The fraction of sp³-hybridized carbons (Fsp3) is 0.158. The van der Waals surface area contributed by atoms with Crippen LogP contribution in [0.5, 0.6) is 0 Å². The SMILES string of the molecule is C[C@@H](c1ccccc1)N(C)C(=O)c1ccc(S(=O)(=O)Nc2nccs2)cc1. The van der Waals surface area contributed by atoms with Gasteiger partial charge in [-0.25, -0.2) is 13.4 Å². The minimum absolute atomic E-state index is 0.0769. The predicted molar refractivity (Wildman–Crippen MR) is 106 cm³/mol. The second-order valence-corrected chi connectivity index (χ2v) is 8.55. The molecule has 1 aromatic heterocycles. The molecule has 1 N–H and O–H groups in total. The summed E-state index contributed by atoms with van der Waals surface area (Å²) in [5.74, 6) is -0.178. The number of nitrogens with zero attached hydrogens (tertiary/aromatic N) is 2. The topological polar surface area (TPSA) is 79.4 Å². The first-order chi connectivity index (χ1) is 12.9. The van der Waals surface area contributed by atoms with E-state index in [-0.39, 0.29) is 16.8 Å². The van der Waals surface area contributed by atoms with Gasteiger partial charge >= 0.3 is 0 Å². The Kier molecular flexibility index (Phi) is 5.57. The Balaban J connectivity index is 1.75. The average Bonchev–Trinajstić information content (AvgIpc) is 3.19. The van der Waals surface area contributed by atoms with E-state index in [0.29, 0.717) is 10.7 Å². The third kappa shape index (κ3) is 4.35. The summed E-state index contributed by atoms with van der Waals surface area (Å²) in [6.45, 7) is 1.95. The first-order valence-electron chi connectivity index (χ1n) is 8.23. The van der Waals surface area contributed by atoms with E-state index in [9.17, 15) is 13.2 Å². The van der Waals surface area contributed by atoms with Crippen LogP contribution in [0, 0.1) is 0 Å². The standard InChI is InChI=1S/C19H19N3O3S2/c1-14(15-6-4-3-5-7-15)22(2)18(23)16-8-10-17(11-9-16)27(24,25)21-19-20-12-13-26-19/h3-14H,1-2H3,(H,20,21)/t14-/m0/s1. The largest absolute Gasteiger partial charge is 0.335 e.